The van der Waals surface area contributed by atoms with Gasteiger partial charge in [0.05, 0.1) is 26.4 Å². The standard InChI is InChI=1S/C27H41N9O3/c1-5-6-19(11-14-37)30-26-25-21(32-27(28)33-26)15-29-36(25)16-22-23(39-4)8-7-20(31-22)18-9-12-35(13-10-18)24(38)17-34(2)3/h7-8,15,18-19,37H,5-6,9-14,16-17H2,1-4H3,(H3,28,30,32,33). The number of hydrogen-bond acceptors (Lipinski definition) is 10. The molecule has 0 bridgehead atoms. The Balaban J connectivity index is 1.58. The lowest BCUT2D eigenvalue weighted by Gasteiger charge is -2.32. The zero-order valence-electron chi connectivity index (χ0n) is 23.4. The van der Waals surface area contributed by atoms with E-state index in [1.165, 1.54) is 0 Å². The summed E-state index contributed by atoms with van der Waals surface area (Å²) < 4.78 is 7.47. The molecule has 212 valence electrons. The van der Waals surface area contributed by atoms with Crippen molar-refractivity contribution in [3.63, 3.8) is 0 Å². The number of likely N-dealkylation sites (N-methyl/N-ethyl adjacent to an activating group) is 1. The smallest absolute Gasteiger partial charge is 0.236 e. The Labute approximate surface area is 229 Å². The molecule has 0 aromatic carbocycles. The summed E-state index contributed by atoms with van der Waals surface area (Å²) in [7, 11) is 5.46. The second-order valence-corrected chi connectivity index (χ2v) is 10.4. The molecule has 4 N–H and O–H groups in total. The predicted octanol–water partition coefficient (Wildman–Crippen LogP) is 2.09. The summed E-state index contributed by atoms with van der Waals surface area (Å²) in [5.74, 6) is 1.86. The first-order valence-electron chi connectivity index (χ1n) is 13.7. The molecule has 1 aliphatic rings. The van der Waals surface area contributed by atoms with Crippen molar-refractivity contribution >= 4 is 28.7 Å². The number of pyridine rings is 1. The number of piperidine rings is 1. The SMILES string of the molecule is CCCC(CCO)Nc1nc(N)nc2cnn(Cc3nc(C4CCN(C(=O)CN(C)C)CC4)ccc3OC)c12. The van der Waals surface area contributed by atoms with E-state index in [9.17, 15) is 9.90 Å². The van der Waals surface area contributed by atoms with Crippen molar-refractivity contribution in [3.8, 4) is 5.75 Å². The summed E-state index contributed by atoms with van der Waals surface area (Å²) in [6.45, 7) is 4.43. The minimum absolute atomic E-state index is 0.0484. The predicted molar refractivity (Wildman–Crippen MR) is 151 cm³/mol. The number of nitrogen functional groups attached to an aromatic ring is 1. The summed E-state index contributed by atoms with van der Waals surface area (Å²) >= 11 is 0. The van der Waals surface area contributed by atoms with Crippen molar-refractivity contribution < 1.29 is 14.6 Å². The number of hydrogen-bond donors (Lipinski definition) is 3. The highest BCUT2D eigenvalue weighted by molar-refractivity contribution is 5.86. The Morgan fingerprint density at radius 2 is 2.00 bits per heavy atom. The average molecular weight is 540 g/mol. The number of carbonyl (C=O) groups excluding carboxylic acids is 1. The van der Waals surface area contributed by atoms with Gasteiger partial charge in [0.25, 0.3) is 0 Å². The molecule has 3 aromatic rings. The molecular weight excluding hydrogens is 498 g/mol. The van der Waals surface area contributed by atoms with Gasteiger partial charge in [0.1, 0.15) is 22.5 Å². The van der Waals surface area contributed by atoms with Gasteiger partial charge in [-0.1, -0.05) is 13.3 Å². The maximum Gasteiger partial charge on any atom is 0.236 e. The first kappa shape index (κ1) is 28.5. The highest BCUT2D eigenvalue weighted by atomic mass is 16.5. The molecule has 1 atom stereocenters. The van der Waals surface area contributed by atoms with Gasteiger partial charge in [0.15, 0.2) is 5.82 Å². The van der Waals surface area contributed by atoms with E-state index in [0.717, 1.165) is 55.7 Å². The van der Waals surface area contributed by atoms with E-state index in [4.69, 9.17) is 15.5 Å². The summed E-state index contributed by atoms with van der Waals surface area (Å²) in [6, 6.07) is 4.03. The quantitative estimate of drug-likeness (QED) is 0.312. The maximum absolute atomic E-state index is 12.5. The van der Waals surface area contributed by atoms with Crippen LogP contribution < -0.4 is 15.8 Å². The summed E-state index contributed by atoms with van der Waals surface area (Å²) in [5, 5.41) is 17.6. The van der Waals surface area contributed by atoms with E-state index in [1.54, 1.807) is 13.3 Å². The van der Waals surface area contributed by atoms with E-state index < -0.39 is 0 Å². The second-order valence-electron chi connectivity index (χ2n) is 10.4. The minimum atomic E-state index is 0.0484. The second kappa shape index (κ2) is 13.0. The van der Waals surface area contributed by atoms with E-state index in [-0.39, 0.29) is 30.4 Å². The van der Waals surface area contributed by atoms with Gasteiger partial charge in [-0.2, -0.15) is 10.1 Å². The number of likely N-dealkylation sites (tertiary alicyclic amines) is 1. The number of methoxy groups -OCH3 is 1. The fraction of sp³-hybridized carbons (Fsp3) is 0.593. The van der Waals surface area contributed by atoms with Crippen molar-refractivity contribution in [1.29, 1.82) is 0 Å². The van der Waals surface area contributed by atoms with Gasteiger partial charge < -0.3 is 30.7 Å². The number of carbonyl (C=O) groups is 1. The number of nitrogens with zero attached hydrogens (tertiary/aromatic N) is 7. The number of aromatic nitrogens is 5. The topological polar surface area (TPSA) is 148 Å². The lowest BCUT2D eigenvalue weighted by Crippen LogP contribution is -2.42. The molecule has 1 unspecified atom stereocenters. The molecule has 4 heterocycles. The Bertz CT molecular complexity index is 1250. The van der Waals surface area contributed by atoms with Crippen molar-refractivity contribution in [2.45, 2.75) is 57.5 Å². The molecule has 0 aliphatic carbocycles. The molecule has 0 spiro atoms. The molecule has 1 saturated heterocycles. The van der Waals surface area contributed by atoms with Crippen LogP contribution in [0.4, 0.5) is 11.8 Å². The van der Waals surface area contributed by atoms with Crippen LogP contribution in [-0.2, 0) is 11.3 Å². The Kier molecular flexibility index (Phi) is 9.52. The molecule has 3 aromatic heterocycles. The molecule has 1 fully saturated rings. The minimum Gasteiger partial charge on any atom is -0.495 e. The Morgan fingerprint density at radius 1 is 1.23 bits per heavy atom. The van der Waals surface area contributed by atoms with Crippen LogP contribution in [0.5, 0.6) is 5.75 Å². The molecule has 12 nitrogen and oxygen atoms in total. The largest absolute Gasteiger partial charge is 0.495 e. The van der Waals surface area contributed by atoms with Crippen molar-refractivity contribution in [2.75, 3.05) is 58.5 Å². The third-order valence-corrected chi connectivity index (χ3v) is 7.15. The number of aliphatic hydroxyl groups is 1. The third-order valence-electron chi connectivity index (χ3n) is 7.15. The molecule has 39 heavy (non-hydrogen) atoms. The van der Waals surface area contributed by atoms with Crippen molar-refractivity contribution in [1.82, 2.24) is 34.5 Å². The molecule has 1 amide bonds. The third kappa shape index (κ3) is 6.93. The van der Waals surface area contributed by atoms with E-state index in [2.05, 4.69) is 27.3 Å². The molecule has 4 rings (SSSR count). The van der Waals surface area contributed by atoms with Gasteiger partial charge in [-0.15, -0.1) is 0 Å². The van der Waals surface area contributed by atoms with Gasteiger partial charge in [-0.25, -0.2) is 4.98 Å². The van der Waals surface area contributed by atoms with E-state index in [0.29, 0.717) is 36.6 Å². The number of amides is 1. The highest BCUT2D eigenvalue weighted by Crippen LogP contribution is 2.30. The van der Waals surface area contributed by atoms with Crippen LogP contribution in [0.15, 0.2) is 18.3 Å². The Morgan fingerprint density at radius 3 is 2.67 bits per heavy atom. The lowest BCUT2D eigenvalue weighted by atomic mass is 9.92. The first-order valence-corrected chi connectivity index (χ1v) is 13.7. The number of ether oxygens (including phenoxy) is 1. The molecule has 1 aliphatic heterocycles. The molecular formula is C27H41N9O3. The number of rotatable bonds is 12. The monoisotopic (exact) mass is 539 g/mol. The van der Waals surface area contributed by atoms with E-state index in [1.807, 2.05) is 40.7 Å². The number of fused-ring (bicyclic) bond motifs is 1. The summed E-state index contributed by atoms with van der Waals surface area (Å²) in [4.78, 5) is 30.2. The normalized spacial score (nSPS) is 15.2. The van der Waals surface area contributed by atoms with Crippen LogP contribution in [-0.4, -0.2) is 99.0 Å². The number of nitrogens with one attached hydrogen (secondary N) is 1. The van der Waals surface area contributed by atoms with Gasteiger partial charge in [0, 0.05) is 37.4 Å². The number of aliphatic hydroxyl groups excluding tert-OH is 1. The van der Waals surface area contributed by atoms with Crippen LogP contribution in [0.3, 0.4) is 0 Å². The fourth-order valence-electron chi connectivity index (χ4n) is 5.19. The highest BCUT2D eigenvalue weighted by Gasteiger charge is 2.26. The van der Waals surface area contributed by atoms with Gasteiger partial charge in [-0.3, -0.25) is 14.5 Å². The van der Waals surface area contributed by atoms with Gasteiger partial charge in [0.2, 0.25) is 11.9 Å². The van der Waals surface area contributed by atoms with Gasteiger partial charge in [-0.05, 0) is 51.9 Å². The first-order chi connectivity index (χ1) is 18.8. The van der Waals surface area contributed by atoms with Crippen LogP contribution in [0, 0.1) is 0 Å². The number of anilines is 2. The lowest BCUT2D eigenvalue weighted by molar-refractivity contribution is -0.132. The number of nitrogens with two attached hydrogens (primary N) is 1. The average Bonchev–Trinajstić information content (AvgIpc) is 3.31. The van der Waals surface area contributed by atoms with Gasteiger partial charge >= 0.3 is 0 Å². The fourth-order valence-corrected chi connectivity index (χ4v) is 5.19. The summed E-state index contributed by atoms with van der Waals surface area (Å²) in [6.07, 6.45) is 5.87. The van der Waals surface area contributed by atoms with Crippen LogP contribution in [0.2, 0.25) is 0 Å². The zero-order valence-corrected chi connectivity index (χ0v) is 23.4. The van der Waals surface area contributed by atoms with Crippen LogP contribution in [0.25, 0.3) is 11.0 Å². The van der Waals surface area contributed by atoms with Crippen molar-refractivity contribution in [2.24, 2.45) is 0 Å². The zero-order chi connectivity index (χ0) is 27.9. The van der Waals surface area contributed by atoms with Crippen LogP contribution in [0.1, 0.15) is 56.3 Å². The van der Waals surface area contributed by atoms with Crippen molar-refractivity contribution in [3.05, 3.63) is 29.7 Å². The van der Waals surface area contributed by atoms with E-state index >= 15 is 0 Å². The Hall–Kier alpha value is -3.51. The van der Waals surface area contributed by atoms with Crippen LogP contribution >= 0.6 is 0 Å². The summed E-state index contributed by atoms with van der Waals surface area (Å²) in [5.41, 5.74) is 9.11. The molecule has 12 heteroatoms. The molecule has 0 radical (unpaired) electrons. The maximum atomic E-state index is 12.5. The molecule has 0 saturated carbocycles.